The van der Waals surface area contributed by atoms with E-state index in [0.29, 0.717) is 0 Å². The van der Waals surface area contributed by atoms with Crippen molar-refractivity contribution < 1.29 is 0 Å². The fourth-order valence-corrected chi connectivity index (χ4v) is 3.95. The van der Waals surface area contributed by atoms with Crippen molar-refractivity contribution in [2.24, 2.45) is 5.92 Å². The van der Waals surface area contributed by atoms with E-state index in [1.54, 1.807) is 0 Å². The summed E-state index contributed by atoms with van der Waals surface area (Å²) < 4.78 is 0. The quantitative estimate of drug-likeness (QED) is 0.490. The van der Waals surface area contributed by atoms with Crippen molar-refractivity contribution >= 4 is 21.5 Å². The first-order valence-corrected chi connectivity index (χ1v) is 8.47. The monoisotopic (exact) mass is 288 g/mol. The van der Waals surface area contributed by atoms with Gasteiger partial charge >= 0.3 is 0 Å². The molecule has 1 saturated carbocycles. The fraction of sp³-hybridized carbons (Fsp3) is 0.364. The Bertz CT molecular complexity index is 850. The van der Waals surface area contributed by atoms with E-state index < -0.39 is 0 Å². The number of hydrogen-bond acceptors (Lipinski definition) is 0. The average molecular weight is 288 g/mol. The maximum atomic E-state index is 2.42. The number of fused-ring (bicyclic) bond motifs is 2. The number of rotatable bonds is 3. The van der Waals surface area contributed by atoms with E-state index in [-0.39, 0.29) is 5.41 Å². The fourth-order valence-electron chi connectivity index (χ4n) is 3.95. The van der Waals surface area contributed by atoms with Gasteiger partial charge in [-0.2, -0.15) is 0 Å². The van der Waals surface area contributed by atoms with E-state index in [0.717, 1.165) is 5.92 Å². The maximum Gasteiger partial charge on any atom is -0.00948 e. The predicted molar refractivity (Wildman–Crippen MR) is 96.6 cm³/mol. The summed E-state index contributed by atoms with van der Waals surface area (Å²) in [5.41, 5.74) is 3.14. The Kier molecular flexibility index (Phi) is 3.04. The van der Waals surface area contributed by atoms with Gasteiger partial charge in [-0.1, -0.05) is 63.1 Å². The molecule has 3 aromatic carbocycles. The standard InChI is InChI=1S/C22H24/c1-15-6-4-7-17-13-20-18(12-19(15)17)8-5-9-21(20)22(2,3)14-16-10-11-16/h4-9,12-13,16H,10-11,14H2,1-3H3. The SMILES string of the molecule is Cc1cccc2cc3c(C(C)(C)CC4CC4)cccc3cc12. The molecule has 0 N–H and O–H groups in total. The molecule has 0 unspecified atom stereocenters. The van der Waals surface area contributed by atoms with Crippen LogP contribution in [0.25, 0.3) is 21.5 Å². The van der Waals surface area contributed by atoms with Crippen LogP contribution in [-0.4, -0.2) is 0 Å². The Balaban J connectivity index is 1.95. The Morgan fingerprint density at radius 3 is 2.27 bits per heavy atom. The van der Waals surface area contributed by atoms with Crippen LogP contribution in [0.4, 0.5) is 0 Å². The molecular formula is C22H24. The molecule has 0 heteroatoms. The Morgan fingerprint density at radius 2 is 1.55 bits per heavy atom. The zero-order chi connectivity index (χ0) is 15.3. The van der Waals surface area contributed by atoms with Crippen LogP contribution in [0.3, 0.4) is 0 Å². The van der Waals surface area contributed by atoms with Crippen LogP contribution in [0, 0.1) is 12.8 Å². The number of hydrogen-bond donors (Lipinski definition) is 0. The van der Waals surface area contributed by atoms with E-state index in [9.17, 15) is 0 Å². The molecule has 3 aromatic rings. The van der Waals surface area contributed by atoms with Gasteiger partial charge in [0.2, 0.25) is 0 Å². The predicted octanol–water partition coefficient (Wildman–Crippen LogP) is 6.38. The van der Waals surface area contributed by atoms with E-state index in [4.69, 9.17) is 0 Å². The molecule has 0 spiro atoms. The summed E-state index contributed by atoms with van der Waals surface area (Å²) in [4.78, 5) is 0. The zero-order valence-electron chi connectivity index (χ0n) is 13.8. The van der Waals surface area contributed by atoms with Crippen molar-refractivity contribution in [3.63, 3.8) is 0 Å². The van der Waals surface area contributed by atoms with Gasteiger partial charge in [-0.15, -0.1) is 0 Å². The van der Waals surface area contributed by atoms with Crippen molar-refractivity contribution in [3.8, 4) is 0 Å². The van der Waals surface area contributed by atoms with Crippen LogP contribution in [-0.2, 0) is 5.41 Å². The highest BCUT2D eigenvalue weighted by atomic mass is 14.4. The summed E-state index contributed by atoms with van der Waals surface area (Å²) in [6.07, 6.45) is 4.17. The van der Waals surface area contributed by atoms with Gasteiger partial charge in [-0.05, 0) is 69.5 Å². The van der Waals surface area contributed by atoms with Crippen molar-refractivity contribution in [1.82, 2.24) is 0 Å². The Hall–Kier alpha value is -1.82. The van der Waals surface area contributed by atoms with Gasteiger partial charge in [0.1, 0.15) is 0 Å². The topological polar surface area (TPSA) is 0 Å². The van der Waals surface area contributed by atoms with Crippen molar-refractivity contribution in [2.45, 2.75) is 45.4 Å². The summed E-state index contributed by atoms with van der Waals surface area (Å²) in [6, 6.07) is 18.2. The first kappa shape index (κ1) is 13.8. The molecule has 0 heterocycles. The lowest BCUT2D eigenvalue weighted by atomic mass is 9.77. The van der Waals surface area contributed by atoms with Gasteiger partial charge in [0.25, 0.3) is 0 Å². The number of benzene rings is 3. The van der Waals surface area contributed by atoms with E-state index in [1.165, 1.54) is 51.9 Å². The first-order chi connectivity index (χ1) is 10.5. The van der Waals surface area contributed by atoms with Crippen LogP contribution in [0.15, 0.2) is 48.5 Å². The molecule has 0 aromatic heterocycles. The lowest BCUT2D eigenvalue weighted by molar-refractivity contribution is 0.451. The largest absolute Gasteiger partial charge is 0.0614 e. The van der Waals surface area contributed by atoms with Gasteiger partial charge < -0.3 is 0 Å². The summed E-state index contributed by atoms with van der Waals surface area (Å²) in [5, 5.41) is 5.56. The second kappa shape index (κ2) is 4.84. The smallest absolute Gasteiger partial charge is 0.00948 e. The van der Waals surface area contributed by atoms with Gasteiger partial charge in [-0.25, -0.2) is 0 Å². The molecule has 0 radical (unpaired) electrons. The molecule has 0 nitrogen and oxygen atoms in total. The van der Waals surface area contributed by atoms with Gasteiger partial charge in [0, 0.05) is 0 Å². The second-order valence-corrected chi connectivity index (χ2v) is 7.71. The normalized spacial score (nSPS) is 15.6. The zero-order valence-corrected chi connectivity index (χ0v) is 13.8. The second-order valence-electron chi connectivity index (χ2n) is 7.71. The van der Waals surface area contributed by atoms with Crippen LogP contribution < -0.4 is 0 Å². The molecule has 0 atom stereocenters. The molecule has 0 amide bonds. The Morgan fingerprint density at radius 1 is 0.909 bits per heavy atom. The van der Waals surface area contributed by atoms with E-state index in [1.807, 2.05) is 0 Å². The van der Waals surface area contributed by atoms with Crippen LogP contribution in [0.2, 0.25) is 0 Å². The minimum Gasteiger partial charge on any atom is -0.0614 e. The van der Waals surface area contributed by atoms with Crippen molar-refractivity contribution in [1.29, 1.82) is 0 Å². The number of aryl methyl sites for hydroxylation is 1. The van der Waals surface area contributed by atoms with Gasteiger partial charge in [-0.3, -0.25) is 0 Å². The molecule has 1 fully saturated rings. The highest BCUT2D eigenvalue weighted by Crippen LogP contribution is 2.43. The molecule has 112 valence electrons. The first-order valence-electron chi connectivity index (χ1n) is 8.47. The lowest BCUT2D eigenvalue weighted by Gasteiger charge is -2.27. The molecule has 0 saturated heterocycles. The maximum absolute atomic E-state index is 2.42. The molecular weight excluding hydrogens is 264 g/mol. The van der Waals surface area contributed by atoms with Crippen molar-refractivity contribution in [2.75, 3.05) is 0 Å². The molecule has 0 bridgehead atoms. The summed E-state index contributed by atoms with van der Waals surface area (Å²) >= 11 is 0. The summed E-state index contributed by atoms with van der Waals surface area (Å²) in [5.74, 6) is 0.952. The minimum absolute atomic E-state index is 0.262. The minimum atomic E-state index is 0.262. The molecule has 4 rings (SSSR count). The highest BCUT2D eigenvalue weighted by Gasteiger charge is 2.32. The Labute approximate surface area is 133 Å². The summed E-state index contributed by atoms with van der Waals surface area (Å²) in [6.45, 7) is 7.04. The van der Waals surface area contributed by atoms with Gasteiger partial charge in [0.15, 0.2) is 0 Å². The van der Waals surface area contributed by atoms with Crippen LogP contribution >= 0.6 is 0 Å². The molecule has 1 aliphatic carbocycles. The van der Waals surface area contributed by atoms with Crippen molar-refractivity contribution in [3.05, 3.63) is 59.7 Å². The lowest BCUT2D eigenvalue weighted by Crippen LogP contribution is -2.18. The third-order valence-electron chi connectivity index (χ3n) is 5.32. The van der Waals surface area contributed by atoms with Crippen LogP contribution in [0.5, 0.6) is 0 Å². The highest BCUT2D eigenvalue weighted by molar-refractivity contribution is 6.01. The van der Waals surface area contributed by atoms with Gasteiger partial charge in [0.05, 0.1) is 0 Å². The summed E-state index contributed by atoms with van der Waals surface area (Å²) in [7, 11) is 0. The van der Waals surface area contributed by atoms with E-state index in [2.05, 4.69) is 69.3 Å². The third-order valence-corrected chi connectivity index (χ3v) is 5.32. The van der Waals surface area contributed by atoms with E-state index >= 15 is 0 Å². The van der Waals surface area contributed by atoms with Crippen LogP contribution in [0.1, 0.15) is 44.2 Å². The third kappa shape index (κ3) is 2.31. The molecule has 22 heavy (non-hydrogen) atoms. The molecule has 1 aliphatic rings. The molecule has 0 aliphatic heterocycles. The average Bonchev–Trinajstić information content (AvgIpc) is 3.28.